The van der Waals surface area contributed by atoms with E-state index in [4.69, 9.17) is 14.5 Å². The van der Waals surface area contributed by atoms with Crippen molar-refractivity contribution in [3.8, 4) is 5.75 Å². The molecular formula is C28H30N4O5S2. The van der Waals surface area contributed by atoms with Crippen molar-refractivity contribution >= 4 is 60.9 Å². The molecule has 1 aliphatic rings. The summed E-state index contributed by atoms with van der Waals surface area (Å²) >= 11 is 2.61. The molecule has 1 fully saturated rings. The number of para-hydroxylation sites is 2. The molecule has 2 N–H and O–H groups in total. The Morgan fingerprint density at radius 3 is 2.82 bits per heavy atom. The highest BCUT2D eigenvalue weighted by atomic mass is 32.2. The lowest BCUT2D eigenvalue weighted by Crippen LogP contribution is -2.32. The number of aromatic nitrogens is 2. The van der Waals surface area contributed by atoms with E-state index in [1.165, 1.54) is 23.1 Å². The van der Waals surface area contributed by atoms with Crippen LogP contribution in [0.3, 0.4) is 0 Å². The fraction of sp³-hybridized carbons (Fsp3) is 0.357. The third kappa shape index (κ3) is 6.43. The van der Waals surface area contributed by atoms with Crippen molar-refractivity contribution in [2.45, 2.75) is 43.5 Å². The lowest BCUT2D eigenvalue weighted by atomic mass is 10.2. The molecule has 0 saturated carbocycles. The molecule has 2 amide bonds. The third-order valence-corrected chi connectivity index (χ3v) is 8.62. The van der Waals surface area contributed by atoms with Gasteiger partial charge in [0.05, 0.1) is 30.2 Å². The van der Waals surface area contributed by atoms with Gasteiger partial charge in [-0.2, -0.15) is 0 Å². The second kappa shape index (κ2) is 12.6. The molecule has 9 nitrogen and oxygen atoms in total. The summed E-state index contributed by atoms with van der Waals surface area (Å²) in [6.07, 6.45) is 2.81. The van der Waals surface area contributed by atoms with Crippen LogP contribution in [0.15, 0.2) is 58.5 Å². The molecule has 0 unspecified atom stereocenters. The number of fused-ring (bicyclic) bond motifs is 3. The Bertz CT molecular complexity index is 1540. The number of anilines is 1. The van der Waals surface area contributed by atoms with Crippen LogP contribution < -0.4 is 20.9 Å². The van der Waals surface area contributed by atoms with Crippen molar-refractivity contribution in [2.75, 3.05) is 31.3 Å². The van der Waals surface area contributed by atoms with Crippen molar-refractivity contribution in [2.24, 2.45) is 0 Å². The summed E-state index contributed by atoms with van der Waals surface area (Å²) in [5.41, 5.74) is 1.05. The molecule has 11 heteroatoms. The summed E-state index contributed by atoms with van der Waals surface area (Å²) in [6, 6.07) is 15.0. The zero-order valence-corrected chi connectivity index (χ0v) is 23.2. The van der Waals surface area contributed by atoms with E-state index in [1.54, 1.807) is 23.8 Å². The predicted molar refractivity (Wildman–Crippen MR) is 155 cm³/mol. The van der Waals surface area contributed by atoms with Crippen LogP contribution in [0.5, 0.6) is 5.75 Å². The monoisotopic (exact) mass is 566 g/mol. The molecule has 4 aromatic rings. The number of thiophene rings is 1. The molecule has 5 rings (SSSR count). The predicted octanol–water partition coefficient (Wildman–Crippen LogP) is 4.43. The molecule has 1 saturated heterocycles. The van der Waals surface area contributed by atoms with E-state index in [9.17, 15) is 14.4 Å². The van der Waals surface area contributed by atoms with Gasteiger partial charge in [0.25, 0.3) is 5.56 Å². The molecule has 2 aromatic carbocycles. The fourth-order valence-corrected chi connectivity index (χ4v) is 6.45. The van der Waals surface area contributed by atoms with E-state index in [2.05, 4.69) is 10.6 Å². The second-order valence-corrected chi connectivity index (χ2v) is 11.2. The molecule has 2 aromatic heterocycles. The van der Waals surface area contributed by atoms with Gasteiger partial charge in [0.2, 0.25) is 11.8 Å². The molecule has 39 heavy (non-hydrogen) atoms. The van der Waals surface area contributed by atoms with Gasteiger partial charge in [0.15, 0.2) is 5.16 Å². The van der Waals surface area contributed by atoms with E-state index in [1.807, 2.05) is 36.4 Å². The van der Waals surface area contributed by atoms with Crippen LogP contribution in [0, 0.1) is 0 Å². The summed E-state index contributed by atoms with van der Waals surface area (Å²) in [4.78, 5) is 43.6. The summed E-state index contributed by atoms with van der Waals surface area (Å²) in [5, 5.41) is 7.15. The Morgan fingerprint density at radius 1 is 1.18 bits per heavy atom. The lowest BCUT2D eigenvalue weighted by Gasteiger charge is -2.13. The van der Waals surface area contributed by atoms with Crippen LogP contribution >= 0.6 is 23.1 Å². The maximum atomic E-state index is 13.6. The molecule has 1 atom stereocenters. The molecule has 0 aliphatic carbocycles. The number of amides is 2. The normalized spacial score (nSPS) is 15.1. The SMILES string of the molecule is COc1ccccc1NC(=O)CSc1nc2c(sc3ccccc32)c(=O)n1CCCC(=O)NC[C@H]1CCCO1. The first kappa shape index (κ1) is 27.2. The molecule has 1 aliphatic heterocycles. The number of methoxy groups -OCH3 is 1. The van der Waals surface area contributed by atoms with Gasteiger partial charge in [-0.1, -0.05) is 42.1 Å². The first-order chi connectivity index (χ1) is 19.0. The highest BCUT2D eigenvalue weighted by Gasteiger charge is 2.19. The quantitative estimate of drug-likeness (QED) is 0.204. The standard InChI is InChI=1S/C28H30N4O5S2/c1-36-21-11-4-3-10-20(21)30-24(34)17-38-28-31-25-19-9-2-5-12-22(19)39-26(25)27(35)32(28)14-6-13-23(33)29-16-18-8-7-15-37-18/h2-5,9-12,18H,6-8,13-17H2,1H3,(H,29,33)(H,30,34)/t18-/m1/s1. The third-order valence-electron chi connectivity index (χ3n) is 6.50. The molecule has 0 spiro atoms. The summed E-state index contributed by atoms with van der Waals surface area (Å²) in [7, 11) is 1.55. The van der Waals surface area contributed by atoms with Gasteiger partial charge in [-0.3, -0.25) is 19.0 Å². The van der Waals surface area contributed by atoms with Gasteiger partial charge in [-0.25, -0.2) is 4.98 Å². The molecule has 0 radical (unpaired) electrons. The van der Waals surface area contributed by atoms with Crippen molar-refractivity contribution in [1.82, 2.24) is 14.9 Å². The Kier molecular flexibility index (Phi) is 8.80. The number of carbonyl (C=O) groups excluding carboxylic acids is 2. The number of nitrogens with zero attached hydrogens (tertiary/aromatic N) is 2. The Balaban J connectivity index is 1.32. The number of thioether (sulfide) groups is 1. The van der Waals surface area contributed by atoms with Gasteiger partial charge in [-0.15, -0.1) is 11.3 Å². The van der Waals surface area contributed by atoms with E-state index in [0.717, 1.165) is 29.5 Å². The van der Waals surface area contributed by atoms with Crippen molar-refractivity contribution in [3.63, 3.8) is 0 Å². The van der Waals surface area contributed by atoms with Crippen LogP contribution in [-0.4, -0.2) is 53.5 Å². The fourth-order valence-electron chi connectivity index (χ4n) is 4.54. The van der Waals surface area contributed by atoms with Crippen molar-refractivity contribution in [3.05, 3.63) is 58.9 Å². The number of ether oxygens (including phenoxy) is 2. The molecular weight excluding hydrogens is 536 g/mol. The van der Waals surface area contributed by atoms with Crippen LogP contribution in [0.2, 0.25) is 0 Å². The Labute approximate surface area is 233 Å². The minimum Gasteiger partial charge on any atom is -0.495 e. The van der Waals surface area contributed by atoms with Gasteiger partial charge in [-0.05, 0) is 37.5 Å². The molecule has 204 valence electrons. The number of benzene rings is 2. The zero-order chi connectivity index (χ0) is 27.2. The number of hydrogen-bond donors (Lipinski definition) is 2. The topological polar surface area (TPSA) is 112 Å². The van der Waals surface area contributed by atoms with E-state index in [-0.39, 0.29) is 35.7 Å². The largest absolute Gasteiger partial charge is 0.495 e. The van der Waals surface area contributed by atoms with Crippen LogP contribution in [0.1, 0.15) is 25.7 Å². The summed E-state index contributed by atoms with van der Waals surface area (Å²) < 4.78 is 14.0. The van der Waals surface area contributed by atoms with Crippen molar-refractivity contribution in [1.29, 1.82) is 0 Å². The number of carbonyl (C=O) groups is 2. The van der Waals surface area contributed by atoms with Gasteiger partial charge < -0.3 is 20.1 Å². The van der Waals surface area contributed by atoms with Crippen molar-refractivity contribution < 1.29 is 19.1 Å². The second-order valence-electron chi connectivity index (χ2n) is 9.21. The average Bonchev–Trinajstić information content (AvgIpc) is 3.61. The van der Waals surface area contributed by atoms with Gasteiger partial charge in [0, 0.05) is 36.2 Å². The molecule has 3 heterocycles. The first-order valence-electron chi connectivity index (χ1n) is 12.9. The Morgan fingerprint density at radius 2 is 2.00 bits per heavy atom. The van der Waals surface area contributed by atoms with Gasteiger partial charge in [0.1, 0.15) is 10.4 Å². The maximum Gasteiger partial charge on any atom is 0.272 e. The van der Waals surface area contributed by atoms with E-state index in [0.29, 0.717) is 46.3 Å². The highest BCUT2D eigenvalue weighted by molar-refractivity contribution is 7.99. The lowest BCUT2D eigenvalue weighted by molar-refractivity contribution is -0.121. The van der Waals surface area contributed by atoms with Crippen LogP contribution in [-0.2, 0) is 20.9 Å². The van der Waals surface area contributed by atoms with E-state index >= 15 is 0 Å². The van der Waals surface area contributed by atoms with Crippen LogP contribution in [0.25, 0.3) is 20.3 Å². The van der Waals surface area contributed by atoms with E-state index < -0.39 is 0 Å². The minimum atomic E-state index is -0.242. The van der Waals surface area contributed by atoms with Crippen LogP contribution in [0.4, 0.5) is 5.69 Å². The molecule has 0 bridgehead atoms. The van der Waals surface area contributed by atoms with Gasteiger partial charge >= 0.3 is 0 Å². The maximum absolute atomic E-state index is 13.6. The smallest absolute Gasteiger partial charge is 0.272 e. The average molecular weight is 567 g/mol. The zero-order valence-electron chi connectivity index (χ0n) is 21.6. The number of rotatable bonds is 11. The number of hydrogen-bond acceptors (Lipinski definition) is 8. The summed E-state index contributed by atoms with van der Waals surface area (Å²) in [6.45, 7) is 1.57. The summed E-state index contributed by atoms with van der Waals surface area (Å²) in [5.74, 6) is 0.309. The Hall–Kier alpha value is -3.41. The first-order valence-corrected chi connectivity index (χ1v) is 14.7. The highest BCUT2D eigenvalue weighted by Crippen LogP contribution is 2.32. The number of nitrogens with one attached hydrogen (secondary N) is 2. The minimum absolute atomic E-state index is 0.0555.